The number of hydrogen-bond donors (Lipinski definition) is 1. The molecule has 4 heteroatoms. The molecule has 2 rings (SSSR count). The van der Waals surface area contributed by atoms with Gasteiger partial charge < -0.3 is 15.2 Å². The van der Waals surface area contributed by atoms with Gasteiger partial charge in [0.2, 0.25) is 0 Å². The SMILES string of the molecule is CC(CCN(C)C)n1cnc2cc(N)ccc21. The van der Waals surface area contributed by atoms with Crippen molar-refractivity contribution < 1.29 is 0 Å². The fourth-order valence-corrected chi connectivity index (χ4v) is 1.98. The number of anilines is 1. The number of imidazole rings is 1. The molecule has 0 radical (unpaired) electrons. The average molecular weight is 232 g/mol. The summed E-state index contributed by atoms with van der Waals surface area (Å²) in [7, 11) is 4.19. The zero-order chi connectivity index (χ0) is 12.4. The Hall–Kier alpha value is -1.55. The van der Waals surface area contributed by atoms with Crippen molar-refractivity contribution in [3.05, 3.63) is 24.5 Å². The van der Waals surface area contributed by atoms with E-state index in [2.05, 4.69) is 35.5 Å². The first kappa shape index (κ1) is 11.9. The molecule has 0 saturated heterocycles. The van der Waals surface area contributed by atoms with E-state index >= 15 is 0 Å². The van der Waals surface area contributed by atoms with Gasteiger partial charge in [-0.1, -0.05) is 0 Å². The highest BCUT2D eigenvalue weighted by Gasteiger charge is 2.09. The molecule has 1 unspecified atom stereocenters. The molecule has 1 heterocycles. The number of benzene rings is 1. The lowest BCUT2D eigenvalue weighted by Crippen LogP contribution is -2.17. The molecule has 0 saturated carbocycles. The lowest BCUT2D eigenvalue weighted by Gasteiger charge is -2.17. The number of fused-ring (bicyclic) bond motifs is 1. The molecule has 1 atom stereocenters. The number of hydrogen-bond acceptors (Lipinski definition) is 3. The minimum Gasteiger partial charge on any atom is -0.399 e. The van der Waals surface area contributed by atoms with Gasteiger partial charge in [-0.15, -0.1) is 0 Å². The maximum Gasteiger partial charge on any atom is 0.0960 e. The molecule has 0 bridgehead atoms. The third kappa shape index (κ3) is 2.58. The van der Waals surface area contributed by atoms with E-state index in [9.17, 15) is 0 Å². The molecule has 0 aliphatic carbocycles. The minimum atomic E-state index is 0.450. The zero-order valence-corrected chi connectivity index (χ0v) is 10.7. The van der Waals surface area contributed by atoms with E-state index in [0.717, 1.165) is 29.7 Å². The largest absolute Gasteiger partial charge is 0.399 e. The van der Waals surface area contributed by atoms with Crippen LogP contribution in [0.15, 0.2) is 24.5 Å². The highest BCUT2D eigenvalue weighted by Crippen LogP contribution is 2.21. The molecule has 92 valence electrons. The molecule has 1 aromatic heterocycles. The maximum atomic E-state index is 5.75. The van der Waals surface area contributed by atoms with Gasteiger partial charge in [-0.05, 0) is 52.2 Å². The Labute approximate surface area is 102 Å². The lowest BCUT2D eigenvalue weighted by molar-refractivity contribution is 0.360. The van der Waals surface area contributed by atoms with E-state index in [4.69, 9.17) is 5.73 Å². The van der Waals surface area contributed by atoms with Crippen molar-refractivity contribution in [3.63, 3.8) is 0 Å². The first-order chi connectivity index (χ1) is 8.08. The van der Waals surface area contributed by atoms with Crippen molar-refractivity contribution >= 4 is 16.7 Å². The topological polar surface area (TPSA) is 47.1 Å². The lowest BCUT2D eigenvalue weighted by atomic mass is 10.2. The average Bonchev–Trinajstić information content (AvgIpc) is 2.68. The Morgan fingerprint density at radius 3 is 2.88 bits per heavy atom. The van der Waals surface area contributed by atoms with Crippen molar-refractivity contribution in [2.45, 2.75) is 19.4 Å². The summed E-state index contributed by atoms with van der Waals surface area (Å²) < 4.78 is 2.22. The number of aromatic nitrogens is 2. The Bertz CT molecular complexity index is 501. The number of rotatable bonds is 4. The summed E-state index contributed by atoms with van der Waals surface area (Å²) in [5.41, 5.74) is 8.65. The summed E-state index contributed by atoms with van der Waals surface area (Å²) >= 11 is 0. The summed E-state index contributed by atoms with van der Waals surface area (Å²) in [6.07, 6.45) is 3.02. The van der Waals surface area contributed by atoms with Crippen LogP contribution in [0, 0.1) is 0 Å². The third-order valence-electron chi connectivity index (χ3n) is 3.07. The van der Waals surface area contributed by atoms with E-state index < -0.39 is 0 Å². The van der Waals surface area contributed by atoms with Gasteiger partial charge in [0, 0.05) is 11.7 Å². The van der Waals surface area contributed by atoms with E-state index in [-0.39, 0.29) is 0 Å². The Morgan fingerprint density at radius 1 is 1.41 bits per heavy atom. The molecule has 0 aliphatic rings. The highest BCUT2D eigenvalue weighted by atomic mass is 15.1. The van der Waals surface area contributed by atoms with Gasteiger partial charge in [0.25, 0.3) is 0 Å². The van der Waals surface area contributed by atoms with Crippen molar-refractivity contribution in [1.29, 1.82) is 0 Å². The van der Waals surface area contributed by atoms with Crippen LogP contribution < -0.4 is 5.73 Å². The van der Waals surface area contributed by atoms with Crippen molar-refractivity contribution in [2.24, 2.45) is 0 Å². The number of nitrogens with two attached hydrogens (primary N) is 1. The molecule has 0 amide bonds. The molecule has 2 N–H and O–H groups in total. The molecular formula is C13H20N4. The van der Waals surface area contributed by atoms with Crippen LogP contribution in [0.3, 0.4) is 0 Å². The predicted molar refractivity (Wildman–Crippen MR) is 72.0 cm³/mol. The minimum absolute atomic E-state index is 0.450. The van der Waals surface area contributed by atoms with Crippen LogP contribution >= 0.6 is 0 Å². The van der Waals surface area contributed by atoms with Crippen molar-refractivity contribution in [1.82, 2.24) is 14.5 Å². The number of nitrogen functional groups attached to an aromatic ring is 1. The molecule has 1 aromatic carbocycles. The summed E-state index contributed by atoms with van der Waals surface area (Å²) in [6, 6.07) is 6.35. The summed E-state index contributed by atoms with van der Waals surface area (Å²) in [5, 5.41) is 0. The molecule has 0 spiro atoms. The Morgan fingerprint density at radius 2 is 2.18 bits per heavy atom. The standard InChI is InChI=1S/C13H20N4/c1-10(6-7-16(2)3)17-9-15-12-8-11(14)4-5-13(12)17/h4-5,8-10H,6-7,14H2,1-3H3. The first-order valence-corrected chi connectivity index (χ1v) is 5.94. The Kier molecular flexibility index (Phi) is 3.33. The van der Waals surface area contributed by atoms with Crippen molar-refractivity contribution in [3.8, 4) is 0 Å². The smallest absolute Gasteiger partial charge is 0.0960 e. The summed E-state index contributed by atoms with van der Waals surface area (Å²) in [4.78, 5) is 6.60. The monoisotopic (exact) mass is 232 g/mol. The Balaban J connectivity index is 2.23. The molecule has 0 fully saturated rings. The second-order valence-electron chi connectivity index (χ2n) is 4.84. The second kappa shape index (κ2) is 4.75. The quantitative estimate of drug-likeness (QED) is 0.821. The predicted octanol–water partition coefficient (Wildman–Crippen LogP) is 2.13. The van der Waals surface area contributed by atoms with E-state index in [0.29, 0.717) is 6.04 Å². The van der Waals surface area contributed by atoms with Crippen LogP contribution in [-0.2, 0) is 0 Å². The van der Waals surface area contributed by atoms with Gasteiger partial charge in [0.15, 0.2) is 0 Å². The number of nitrogens with zero attached hydrogens (tertiary/aromatic N) is 3. The molecule has 0 aliphatic heterocycles. The van der Waals surface area contributed by atoms with Crippen LogP contribution in [0.5, 0.6) is 0 Å². The van der Waals surface area contributed by atoms with Gasteiger partial charge >= 0.3 is 0 Å². The van der Waals surface area contributed by atoms with Crippen LogP contribution in [-0.4, -0.2) is 35.1 Å². The fraction of sp³-hybridized carbons (Fsp3) is 0.462. The fourth-order valence-electron chi connectivity index (χ4n) is 1.98. The zero-order valence-electron chi connectivity index (χ0n) is 10.7. The molecule has 2 aromatic rings. The summed E-state index contributed by atoms with van der Waals surface area (Å²) in [5.74, 6) is 0. The molecular weight excluding hydrogens is 212 g/mol. The van der Waals surface area contributed by atoms with Crippen LogP contribution in [0.4, 0.5) is 5.69 Å². The first-order valence-electron chi connectivity index (χ1n) is 5.94. The van der Waals surface area contributed by atoms with Gasteiger partial charge in [0.05, 0.1) is 17.4 Å². The molecule has 17 heavy (non-hydrogen) atoms. The van der Waals surface area contributed by atoms with Crippen LogP contribution in [0.25, 0.3) is 11.0 Å². The van der Waals surface area contributed by atoms with E-state index in [1.165, 1.54) is 0 Å². The maximum absolute atomic E-state index is 5.75. The van der Waals surface area contributed by atoms with Gasteiger partial charge in [-0.2, -0.15) is 0 Å². The third-order valence-corrected chi connectivity index (χ3v) is 3.07. The van der Waals surface area contributed by atoms with Crippen molar-refractivity contribution in [2.75, 3.05) is 26.4 Å². The normalized spacial score (nSPS) is 13.4. The highest BCUT2D eigenvalue weighted by molar-refractivity contribution is 5.79. The molecule has 4 nitrogen and oxygen atoms in total. The van der Waals surface area contributed by atoms with Gasteiger partial charge in [-0.25, -0.2) is 4.98 Å². The summed E-state index contributed by atoms with van der Waals surface area (Å²) in [6.45, 7) is 3.30. The van der Waals surface area contributed by atoms with Crippen LogP contribution in [0.2, 0.25) is 0 Å². The van der Waals surface area contributed by atoms with Crippen LogP contribution in [0.1, 0.15) is 19.4 Å². The van der Waals surface area contributed by atoms with Gasteiger partial charge in [-0.3, -0.25) is 0 Å². The van der Waals surface area contributed by atoms with E-state index in [1.807, 2.05) is 24.5 Å². The van der Waals surface area contributed by atoms with E-state index in [1.54, 1.807) is 0 Å². The second-order valence-corrected chi connectivity index (χ2v) is 4.84. The van der Waals surface area contributed by atoms with Gasteiger partial charge in [0.1, 0.15) is 0 Å².